The third kappa shape index (κ3) is 2.93. The molecular formula is C21H21N5O2. The first-order chi connectivity index (χ1) is 13.6. The fraction of sp³-hybridized carbons (Fsp3) is 0.286. The number of anilines is 1. The summed E-state index contributed by atoms with van der Waals surface area (Å²) in [5.74, 6) is 0. The van der Waals surface area contributed by atoms with Gasteiger partial charge in [-0.3, -0.25) is 4.40 Å². The molecule has 7 nitrogen and oxygen atoms in total. The van der Waals surface area contributed by atoms with E-state index >= 15 is 0 Å². The molecule has 1 aliphatic rings. The van der Waals surface area contributed by atoms with E-state index in [1.54, 1.807) is 29.2 Å². The minimum absolute atomic E-state index is 0.386. The van der Waals surface area contributed by atoms with Gasteiger partial charge in [0.15, 0.2) is 0 Å². The average molecular weight is 375 g/mol. The lowest BCUT2D eigenvalue weighted by molar-refractivity contribution is 0.407. The minimum Gasteiger partial charge on any atom is -0.422 e. The van der Waals surface area contributed by atoms with Crippen LogP contribution in [0.15, 0.2) is 58.3 Å². The molecule has 0 unspecified atom stereocenters. The molecule has 0 amide bonds. The van der Waals surface area contributed by atoms with Crippen molar-refractivity contribution in [3.8, 4) is 11.3 Å². The van der Waals surface area contributed by atoms with Crippen LogP contribution in [-0.4, -0.2) is 39.5 Å². The lowest BCUT2D eigenvalue weighted by atomic mass is 10.1. The molecule has 28 heavy (non-hydrogen) atoms. The SMILES string of the molecule is C[C@@H]1CN(c2ccc3cc(-c4cn5cnccc5n4)c(=O)oc3c2)C[C@H](C)N1. The first-order valence-corrected chi connectivity index (χ1v) is 9.45. The van der Waals surface area contributed by atoms with E-state index in [4.69, 9.17) is 4.42 Å². The number of nitrogens with one attached hydrogen (secondary N) is 1. The van der Waals surface area contributed by atoms with Gasteiger partial charge in [-0.1, -0.05) is 0 Å². The van der Waals surface area contributed by atoms with E-state index < -0.39 is 0 Å². The van der Waals surface area contributed by atoms with Crippen molar-refractivity contribution in [3.05, 3.63) is 59.5 Å². The highest BCUT2D eigenvalue weighted by molar-refractivity contribution is 5.84. The molecule has 0 aliphatic carbocycles. The Kier molecular flexibility index (Phi) is 3.91. The van der Waals surface area contributed by atoms with Gasteiger partial charge in [-0.25, -0.2) is 14.8 Å². The standard InChI is InChI=1S/C21H21N5O2/c1-13-9-25(10-14(2)23-13)16-4-3-15-7-17(21(27)28-19(15)8-16)18-11-26-12-22-6-5-20(26)24-18/h3-8,11-14,23H,9-10H2,1-2H3/t13-,14+. The van der Waals surface area contributed by atoms with Gasteiger partial charge < -0.3 is 14.6 Å². The topological polar surface area (TPSA) is 75.7 Å². The van der Waals surface area contributed by atoms with E-state index in [1.807, 2.05) is 18.2 Å². The summed E-state index contributed by atoms with van der Waals surface area (Å²) in [6.45, 7) is 6.21. The molecule has 2 atom stereocenters. The third-order valence-corrected chi connectivity index (χ3v) is 5.18. The van der Waals surface area contributed by atoms with E-state index in [0.717, 1.165) is 29.8 Å². The molecule has 142 valence electrons. The molecule has 5 rings (SSSR count). The lowest BCUT2D eigenvalue weighted by Crippen LogP contribution is -2.54. The molecule has 4 heterocycles. The Morgan fingerprint density at radius 1 is 1.14 bits per heavy atom. The Labute approximate surface area is 161 Å². The molecule has 1 saturated heterocycles. The maximum Gasteiger partial charge on any atom is 0.345 e. The van der Waals surface area contributed by atoms with Crippen molar-refractivity contribution in [2.45, 2.75) is 25.9 Å². The number of hydrogen-bond acceptors (Lipinski definition) is 6. The highest BCUT2D eigenvalue weighted by Crippen LogP contribution is 2.26. The van der Waals surface area contributed by atoms with Crippen LogP contribution in [0.2, 0.25) is 0 Å². The summed E-state index contributed by atoms with van der Waals surface area (Å²) in [4.78, 5) is 23.5. The van der Waals surface area contributed by atoms with Gasteiger partial charge >= 0.3 is 5.63 Å². The molecule has 0 spiro atoms. The van der Waals surface area contributed by atoms with Gasteiger partial charge in [-0.05, 0) is 38.1 Å². The molecule has 1 aliphatic heterocycles. The van der Waals surface area contributed by atoms with Crippen molar-refractivity contribution in [2.75, 3.05) is 18.0 Å². The number of nitrogens with zero attached hydrogens (tertiary/aromatic N) is 4. The molecule has 1 aromatic carbocycles. The summed E-state index contributed by atoms with van der Waals surface area (Å²) in [5, 5.41) is 4.41. The number of benzene rings is 1. The Balaban J connectivity index is 1.55. The predicted octanol–water partition coefficient (Wildman–Crippen LogP) is 2.69. The van der Waals surface area contributed by atoms with Gasteiger partial charge in [0, 0.05) is 54.7 Å². The van der Waals surface area contributed by atoms with E-state index in [1.165, 1.54) is 0 Å². The van der Waals surface area contributed by atoms with Crippen LogP contribution in [-0.2, 0) is 0 Å². The maximum atomic E-state index is 12.6. The zero-order valence-electron chi connectivity index (χ0n) is 15.8. The molecule has 4 aromatic rings. The Morgan fingerprint density at radius 3 is 2.75 bits per heavy atom. The second-order valence-electron chi connectivity index (χ2n) is 7.52. The molecule has 1 fully saturated rings. The number of imidazole rings is 1. The number of fused-ring (bicyclic) bond motifs is 2. The zero-order valence-corrected chi connectivity index (χ0v) is 15.8. The van der Waals surface area contributed by atoms with Crippen molar-refractivity contribution in [3.63, 3.8) is 0 Å². The highest BCUT2D eigenvalue weighted by Gasteiger charge is 2.21. The molecule has 7 heteroatoms. The van der Waals surface area contributed by atoms with Gasteiger partial charge in [0.25, 0.3) is 0 Å². The average Bonchev–Trinajstić information content (AvgIpc) is 3.10. The first kappa shape index (κ1) is 16.9. The quantitative estimate of drug-likeness (QED) is 0.543. The third-order valence-electron chi connectivity index (χ3n) is 5.18. The van der Waals surface area contributed by atoms with Crippen molar-refractivity contribution in [1.29, 1.82) is 0 Å². The van der Waals surface area contributed by atoms with E-state index in [2.05, 4.69) is 40.1 Å². The Morgan fingerprint density at radius 2 is 1.96 bits per heavy atom. The zero-order chi connectivity index (χ0) is 19.3. The van der Waals surface area contributed by atoms with Gasteiger partial charge in [0.1, 0.15) is 17.6 Å². The van der Waals surface area contributed by atoms with Crippen LogP contribution in [0.5, 0.6) is 0 Å². The molecule has 1 N–H and O–H groups in total. The first-order valence-electron chi connectivity index (χ1n) is 9.45. The van der Waals surface area contributed by atoms with Crippen molar-refractivity contribution in [2.24, 2.45) is 0 Å². The minimum atomic E-state index is -0.386. The van der Waals surface area contributed by atoms with E-state index in [-0.39, 0.29) is 5.63 Å². The fourth-order valence-corrected chi connectivity index (χ4v) is 3.99. The second-order valence-corrected chi connectivity index (χ2v) is 7.52. The fourth-order valence-electron chi connectivity index (χ4n) is 3.99. The Hall–Kier alpha value is -3.19. The van der Waals surface area contributed by atoms with Gasteiger partial charge in [0.05, 0.1) is 11.3 Å². The molecular weight excluding hydrogens is 354 g/mol. The molecule has 0 radical (unpaired) electrons. The molecule has 3 aromatic heterocycles. The van der Waals surface area contributed by atoms with Crippen molar-refractivity contribution in [1.82, 2.24) is 19.7 Å². The van der Waals surface area contributed by atoms with E-state index in [0.29, 0.717) is 28.9 Å². The lowest BCUT2D eigenvalue weighted by Gasteiger charge is -2.37. The van der Waals surface area contributed by atoms with Crippen LogP contribution < -0.4 is 15.8 Å². The number of aromatic nitrogens is 3. The summed E-state index contributed by atoms with van der Waals surface area (Å²) in [6.07, 6.45) is 5.13. The largest absolute Gasteiger partial charge is 0.422 e. The van der Waals surface area contributed by atoms with Crippen LogP contribution in [0.3, 0.4) is 0 Å². The van der Waals surface area contributed by atoms with Crippen LogP contribution in [0, 0.1) is 0 Å². The van der Waals surface area contributed by atoms with Crippen LogP contribution in [0.4, 0.5) is 5.69 Å². The Bertz CT molecular complexity index is 1190. The molecule has 0 saturated carbocycles. The number of rotatable bonds is 2. The van der Waals surface area contributed by atoms with Crippen LogP contribution in [0.1, 0.15) is 13.8 Å². The number of piperazine rings is 1. The summed E-state index contributed by atoms with van der Waals surface area (Å²) >= 11 is 0. The van der Waals surface area contributed by atoms with Crippen LogP contribution in [0.25, 0.3) is 27.9 Å². The molecule has 0 bridgehead atoms. The van der Waals surface area contributed by atoms with Gasteiger partial charge in [0.2, 0.25) is 0 Å². The summed E-state index contributed by atoms with van der Waals surface area (Å²) in [5.41, 5.74) is 3.05. The number of hydrogen-bond donors (Lipinski definition) is 1. The summed E-state index contributed by atoms with van der Waals surface area (Å²) in [6, 6.07) is 10.5. The second kappa shape index (κ2) is 6.45. The monoisotopic (exact) mass is 375 g/mol. The maximum absolute atomic E-state index is 12.6. The van der Waals surface area contributed by atoms with E-state index in [9.17, 15) is 4.79 Å². The predicted molar refractivity (Wildman–Crippen MR) is 109 cm³/mol. The van der Waals surface area contributed by atoms with Gasteiger partial charge in [-0.2, -0.15) is 0 Å². The normalized spacial score (nSPS) is 20.1. The highest BCUT2D eigenvalue weighted by atomic mass is 16.4. The van der Waals surface area contributed by atoms with Gasteiger partial charge in [-0.15, -0.1) is 0 Å². The van der Waals surface area contributed by atoms with Crippen LogP contribution >= 0.6 is 0 Å². The summed E-state index contributed by atoms with van der Waals surface area (Å²) < 4.78 is 7.45. The van der Waals surface area contributed by atoms with Crippen molar-refractivity contribution >= 4 is 22.3 Å². The smallest absolute Gasteiger partial charge is 0.345 e. The van der Waals surface area contributed by atoms with Crippen molar-refractivity contribution < 1.29 is 4.42 Å². The summed E-state index contributed by atoms with van der Waals surface area (Å²) in [7, 11) is 0.